The van der Waals surface area contributed by atoms with Crippen molar-refractivity contribution in [2.45, 2.75) is 26.4 Å². The summed E-state index contributed by atoms with van der Waals surface area (Å²) in [7, 11) is 0. The Balaban J connectivity index is 1.57. The van der Waals surface area contributed by atoms with E-state index < -0.39 is 12.1 Å². The van der Waals surface area contributed by atoms with Crippen molar-refractivity contribution in [2.24, 2.45) is 28.8 Å². The summed E-state index contributed by atoms with van der Waals surface area (Å²) in [5.74, 6) is -1.74. The summed E-state index contributed by atoms with van der Waals surface area (Å²) in [4.78, 5) is 36.5. The number of carboxylic acids is 1. The Morgan fingerprint density at radius 1 is 1.30 bits per heavy atom. The van der Waals surface area contributed by atoms with E-state index in [1.54, 1.807) is 13.0 Å². The van der Waals surface area contributed by atoms with Crippen molar-refractivity contribution in [1.29, 1.82) is 0 Å². The van der Waals surface area contributed by atoms with E-state index >= 15 is 0 Å². The number of fused-ring (bicyclic) bond motifs is 5. The smallest absolute Gasteiger partial charge is 0.344 e. The number of halogens is 1. The van der Waals surface area contributed by atoms with Crippen LogP contribution in [0.5, 0.6) is 11.5 Å². The van der Waals surface area contributed by atoms with Crippen molar-refractivity contribution < 1.29 is 29.0 Å². The van der Waals surface area contributed by atoms with Crippen LogP contribution in [-0.2, 0) is 14.4 Å². The number of rotatable bonds is 7. The van der Waals surface area contributed by atoms with Crippen LogP contribution >= 0.6 is 11.6 Å². The van der Waals surface area contributed by atoms with E-state index in [1.165, 1.54) is 19.2 Å². The minimum absolute atomic E-state index is 0.107. The number of allylic oxidation sites excluding steroid dienone is 2. The zero-order chi connectivity index (χ0) is 21.6. The van der Waals surface area contributed by atoms with Gasteiger partial charge in [-0.2, -0.15) is 10.1 Å². The Bertz CT molecular complexity index is 944. The van der Waals surface area contributed by atoms with Gasteiger partial charge in [0.1, 0.15) is 0 Å². The fourth-order valence-electron chi connectivity index (χ4n) is 4.39. The standard InChI is InChI=1S/C21H21ClN2O6/c1-3-29-15-7-11(6-14(22)18(15)30-10(2)21(27)28)9-23-24-19(25)16-12-4-5-13(8-12)17(16)20(24)26/h4-7,9-10,12-13,16-17H,3,8H2,1-2H3,(H,27,28)/t10-,12-,13-,16-,17+/m0/s1. The number of carbonyl (C=O) groups is 3. The first-order valence-electron chi connectivity index (χ1n) is 9.77. The van der Waals surface area contributed by atoms with Crippen molar-refractivity contribution in [3.05, 3.63) is 34.9 Å². The Morgan fingerprint density at radius 2 is 1.93 bits per heavy atom. The van der Waals surface area contributed by atoms with Crippen LogP contribution in [0.1, 0.15) is 25.8 Å². The topological polar surface area (TPSA) is 106 Å². The molecule has 1 aromatic rings. The lowest BCUT2D eigenvalue weighted by Crippen LogP contribution is -2.28. The van der Waals surface area contributed by atoms with Crippen molar-refractivity contribution in [2.75, 3.05) is 6.61 Å². The minimum atomic E-state index is -1.14. The van der Waals surface area contributed by atoms with Gasteiger partial charge in [-0.1, -0.05) is 23.8 Å². The summed E-state index contributed by atoms with van der Waals surface area (Å²) in [5, 5.41) is 14.3. The third kappa shape index (κ3) is 3.35. The van der Waals surface area contributed by atoms with Gasteiger partial charge in [-0.15, -0.1) is 0 Å². The lowest BCUT2D eigenvalue weighted by atomic mass is 9.85. The number of hydrogen-bond donors (Lipinski definition) is 1. The number of imide groups is 1. The van der Waals surface area contributed by atoms with Gasteiger partial charge in [0.05, 0.1) is 29.7 Å². The largest absolute Gasteiger partial charge is 0.490 e. The van der Waals surface area contributed by atoms with Crippen LogP contribution in [0.15, 0.2) is 29.4 Å². The van der Waals surface area contributed by atoms with Gasteiger partial charge in [0.25, 0.3) is 11.8 Å². The molecular weight excluding hydrogens is 412 g/mol. The summed E-state index contributed by atoms with van der Waals surface area (Å²) < 4.78 is 10.9. The monoisotopic (exact) mass is 432 g/mol. The van der Waals surface area contributed by atoms with Gasteiger partial charge in [0.2, 0.25) is 0 Å². The highest BCUT2D eigenvalue weighted by atomic mass is 35.5. The molecule has 1 aliphatic heterocycles. The number of aliphatic carboxylic acids is 1. The van der Waals surface area contributed by atoms with Gasteiger partial charge in [0.15, 0.2) is 17.6 Å². The maximum Gasteiger partial charge on any atom is 0.344 e. The molecule has 1 saturated heterocycles. The second kappa shape index (κ2) is 7.75. The molecule has 9 heteroatoms. The molecule has 0 aromatic heterocycles. The zero-order valence-corrected chi connectivity index (χ0v) is 17.2. The molecule has 2 amide bonds. The van der Waals surface area contributed by atoms with Crippen molar-refractivity contribution in [1.82, 2.24) is 5.01 Å². The second-order valence-electron chi connectivity index (χ2n) is 7.59. The van der Waals surface area contributed by atoms with Crippen molar-refractivity contribution >= 4 is 35.6 Å². The first kappa shape index (κ1) is 20.4. The van der Waals surface area contributed by atoms with E-state index in [1.807, 2.05) is 12.2 Å². The quantitative estimate of drug-likeness (QED) is 0.403. The van der Waals surface area contributed by atoms with Crippen LogP contribution in [0.2, 0.25) is 5.02 Å². The fraction of sp³-hybridized carbons (Fsp3) is 0.429. The predicted molar refractivity (Wildman–Crippen MR) is 108 cm³/mol. The molecule has 5 atom stereocenters. The molecule has 30 heavy (non-hydrogen) atoms. The average molecular weight is 433 g/mol. The lowest BCUT2D eigenvalue weighted by molar-refractivity contribution is -0.144. The Hall–Kier alpha value is -2.87. The number of carbonyl (C=O) groups excluding carboxylic acids is 2. The van der Waals surface area contributed by atoms with Crippen LogP contribution in [0, 0.1) is 23.7 Å². The molecule has 158 valence electrons. The van der Waals surface area contributed by atoms with E-state index in [0.29, 0.717) is 12.2 Å². The predicted octanol–water partition coefficient (Wildman–Crippen LogP) is 2.73. The van der Waals surface area contributed by atoms with Crippen LogP contribution < -0.4 is 9.47 Å². The molecule has 4 rings (SSSR count). The number of hydrazone groups is 1. The third-order valence-electron chi connectivity index (χ3n) is 5.74. The molecule has 0 radical (unpaired) electrons. The molecule has 1 saturated carbocycles. The molecule has 0 unspecified atom stereocenters. The van der Waals surface area contributed by atoms with Crippen LogP contribution in [0.3, 0.4) is 0 Å². The van der Waals surface area contributed by atoms with Gasteiger partial charge in [-0.05, 0) is 49.8 Å². The summed E-state index contributed by atoms with van der Waals surface area (Å²) in [6, 6.07) is 3.08. The minimum Gasteiger partial charge on any atom is -0.490 e. The van der Waals surface area contributed by atoms with E-state index in [2.05, 4.69) is 5.10 Å². The molecule has 8 nitrogen and oxygen atoms in total. The summed E-state index contributed by atoms with van der Waals surface area (Å²) in [6.45, 7) is 3.45. The number of carboxylic acid groups (broad SMARTS) is 1. The molecule has 3 aliphatic rings. The fourth-order valence-corrected chi connectivity index (χ4v) is 4.66. The highest BCUT2D eigenvalue weighted by Gasteiger charge is 2.59. The van der Waals surface area contributed by atoms with Crippen molar-refractivity contribution in [3.8, 4) is 11.5 Å². The van der Waals surface area contributed by atoms with E-state index in [-0.39, 0.29) is 52.0 Å². The highest BCUT2D eigenvalue weighted by Crippen LogP contribution is 2.52. The van der Waals surface area contributed by atoms with Crippen LogP contribution in [0.4, 0.5) is 0 Å². The third-order valence-corrected chi connectivity index (χ3v) is 6.02. The molecule has 0 spiro atoms. The summed E-state index contributed by atoms with van der Waals surface area (Å²) >= 11 is 6.28. The first-order chi connectivity index (χ1) is 14.3. The van der Waals surface area contributed by atoms with Gasteiger partial charge in [-0.25, -0.2) is 4.79 Å². The van der Waals surface area contributed by atoms with Gasteiger partial charge >= 0.3 is 5.97 Å². The first-order valence-corrected chi connectivity index (χ1v) is 10.2. The maximum atomic E-state index is 12.7. The Morgan fingerprint density at radius 3 is 2.50 bits per heavy atom. The zero-order valence-electron chi connectivity index (χ0n) is 16.4. The number of amides is 2. The molecular formula is C21H21ClN2O6. The highest BCUT2D eigenvalue weighted by molar-refractivity contribution is 6.32. The van der Waals surface area contributed by atoms with E-state index in [9.17, 15) is 14.4 Å². The lowest BCUT2D eigenvalue weighted by Gasteiger charge is -2.17. The number of benzene rings is 1. The van der Waals surface area contributed by atoms with Gasteiger partial charge in [0, 0.05) is 0 Å². The Kier molecular flexibility index (Phi) is 5.27. The summed E-state index contributed by atoms with van der Waals surface area (Å²) in [5.41, 5.74) is 0.484. The molecule has 1 aromatic carbocycles. The van der Waals surface area contributed by atoms with E-state index in [0.717, 1.165) is 11.4 Å². The normalized spacial score (nSPS) is 27.8. The molecule has 1 heterocycles. The van der Waals surface area contributed by atoms with Crippen molar-refractivity contribution in [3.63, 3.8) is 0 Å². The molecule has 1 N–H and O–H groups in total. The number of nitrogens with zero attached hydrogens (tertiary/aromatic N) is 2. The number of hydrogen-bond acceptors (Lipinski definition) is 6. The molecule has 2 bridgehead atoms. The second-order valence-corrected chi connectivity index (χ2v) is 8.00. The van der Waals surface area contributed by atoms with Gasteiger partial charge in [-0.3, -0.25) is 9.59 Å². The average Bonchev–Trinajstić information content (AvgIpc) is 3.37. The molecule has 2 fully saturated rings. The van der Waals surface area contributed by atoms with Crippen LogP contribution in [0.25, 0.3) is 0 Å². The van der Waals surface area contributed by atoms with E-state index in [4.69, 9.17) is 26.2 Å². The van der Waals surface area contributed by atoms with Gasteiger partial charge < -0.3 is 14.6 Å². The van der Waals surface area contributed by atoms with Crippen LogP contribution in [-0.4, -0.2) is 46.8 Å². The number of ether oxygens (including phenoxy) is 2. The Labute approximate surface area is 178 Å². The molecule has 2 aliphatic carbocycles. The summed E-state index contributed by atoms with van der Waals surface area (Å²) in [6.07, 6.45) is 5.15. The SMILES string of the molecule is CCOc1cc(C=NN2C(=O)[C@@H]3[C@H](C2=O)[C@H]2C=C[C@H]3C2)cc(Cl)c1O[C@@H](C)C(=O)O. The maximum absolute atomic E-state index is 12.7.